The molecule has 2 aromatic heterocycles. The van der Waals surface area contributed by atoms with Gasteiger partial charge >= 0.3 is 0 Å². The molecule has 2 aromatic rings. The van der Waals surface area contributed by atoms with Gasteiger partial charge in [-0.2, -0.15) is 0 Å². The Bertz CT molecular complexity index is 487. The molecule has 0 aliphatic heterocycles. The van der Waals surface area contributed by atoms with Crippen LogP contribution >= 0.6 is 22.9 Å². The molecule has 2 rings (SSSR count). The molecule has 3 nitrogen and oxygen atoms in total. The fourth-order valence-electron chi connectivity index (χ4n) is 1.45. The summed E-state index contributed by atoms with van der Waals surface area (Å²) in [5.41, 5.74) is 4.02. The molecule has 2 heterocycles. The molecule has 5 heteroatoms. The van der Waals surface area contributed by atoms with Gasteiger partial charge in [0.2, 0.25) is 0 Å². The maximum Gasteiger partial charge on any atom is 0.129 e. The van der Waals surface area contributed by atoms with E-state index in [0.717, 1.165) is 17.7 Å². The zero-order valence-corrected chi connectivity index (χ0v) is 11.1. The van der Waals surface area contributed by atoms with Crippen molar-refractivity contribution in [3.63, 3.8) is 0 Å². The van der Waals surface area contributed by atoms with Gasteiger partial charge in [-0.25, -0.2) is 9.97 Å². The summed E-state index contributed by atoms with van der Waals surface area (Å²) in [6.07, 6.45) is 2.60. The van der Waals surface area contributed by atoms with Crippen LogP contribution in [-0.2, 0) is 17.8 Å². The van der Waals surface area contributed by atoms with Crippen LogP contribution in [0.4, 0.5) is 0 Å². The van der Waals surface area contributed by atoms with Crippen LogP contribution in [-0.4, -0.2) is 16.6 Å². The molecule has 0 saturated carbocycles. The standard InChI is InChI=1S/C12H13ClN2OS/c1-9-11(17-8-15-9)3-5-16-7-10-2-4-14-12(13)6-10/h2,4,6,8H,3,5,7H2,1H3. The van der Waals surface area contributed by atoms with E-state index >= 15 is 0 Å². The minimum Gasteiger partial charge on any atom is -0.376 e. The Morgan fingerprint density at radius 3 is 3.00 bits per heavy atom. The number of hydrogen-bond donors (Lipinski definition) is 0. The molecule has 0 radical (unpaired) electrons. The van der Waals surface area contributed by atoms with Gasteiger partial charge in [0.1, 0.15) is 5.15 Å². The Hall–Kier alpha value is -0.970. The summed E-state index contributed by atoms with van der Waals surface area (Å²) >= 11 is 7.46. The summed E-state index contributed by atoms with van der Waals surface area (Å²) in [6, 6.07) is 3.73. The second-order valence-corrected chi connectivity index (χ2v) is 4.98. The van der Waals surface area contributed by atoms with Gasteiger partial charge in [0.05, 0.1) is 24.4 Å². The zero-order chi connectivity index (χ0) is 12.1. The Morgan fingerprint density at radius 1 is 1.41 bits per heavy atom. The highest BCUT2D eigenvalue weighted by Gasteiger charge is 2.01. The first-order chi connectivity index (χ1) is 8.25. The molecular formula is C12H13ClN2OS. The van der Waals surface area contributed by atoms with Gasteiger partial charge in [0.25, 0.3) is 0 Å². The molecule has 0 aromatic carbocycles. The van der Waals surface area contributed by atoms with Gasteiger partial charge in [0, 0.05) is 17.5 Å². The van der Waals surface area contributed by atoms with Crippen LogP contribution < -0.4 is 0 Å². The van der Waals surface area contributed by atoms with E-state index in [9.17, 15) is 0 Å². The molecule has 0 bridgehead atoms. The third-order valence-electron chi connectivity index (χ3n) is 2.38. The minimum absolute atomic E-state index is 0.504. The number of thiazole rings is 1. The van der Waals surface area contributed by atoms with Gasteiger partial charge in [-0.3, -0.25) is 0 Å². The van der Waals surface area contributed by atoms with Crippen molar-refractivity contribution in [3.8, 4) is 0 Å². The first kappa shape index (κ1) is 12.5. The average molecular weight is 269 g/mol. The van der Waals surface area contributed by atoms with Gasteiger partial charge in [0.15, 0.2) is 0 Å². The van der Waals surface area contributed by atoms with Crippen molar-refractivity contribution in [2.45, 2.75) is 20.0 Å². The molecule has 0 aliphatic carbocycles. The maximum absolute atomic E-state index is 5.79. The summed E-state index contributed by atoms with van der Waals surface area (Å²) in [6.45, 7) is 3.29. The first-order valence-electron chi connectivity index (χ1n) is 5.33. The van der Waals surface area contributed by atoms with Crippen molar-refractivity contribution in [3.05, 3.63) is 45.1 Å². The van der Waals surface area contributed by atoms with Crippen molar-refractivity contribution in [1.29, 1.82) is 0 Å². The fraction of sp³-hybridized carbons (Fsp3) is 0.333. The summed E-state index contributed by atoms with van der Waals surface area (Å²) in [5.74, 6) is 0. The average Bonchev–Trinajstić information content (AvgIpc) is 2.71. The molecule has 90 valence electrons. The van der Waals surface area contributed by atoms with Crippen LogP contribution in [0.15, 0.2) is 23.8 Å². The Kier molecular flexibility index (Phi) is 4.48. The second-order valence-electron chi connectivity index (χ2n) is 3.65. The third-order valence-corrected chi connectivity index (χ3v) is 3.58. The van der Waals surface area contributed by atoms with E-state index in [1.807, 2.05) is 24.6 Å². The second kappa shape index (κ2) is 6.10. The Morgan fingerprint density at radius 2 is 2.29 bits per heavy atom. The smallest absolute Gasteiger partial charge is 0.129 e. The van der Waals surface area contributed by atoms with E-state index in [2.05, 4.69) is 9.97 Å². The van der Waals surface area contributed by atoms with Crippen molar-refractivity contribution >= 4 is 22.9 Å². The number of hydrogen-bond acceptors (Lipinski definition) is 4. The van der Waals surface area contributed by atoms with Crippen LogP contribution in [0.25, 0.3) is 0 Å². The van der Waals surface area contributed by atoms with E-state index in [4.69, 9.17) is 16.3 Å². The lowest BCUT2D eigenvalue weighted by molar-refractivity contribution is 0.124. The summed E-state index contributed by atoms with van der Waals surface area (Å²) < 4.78 is 5.60. The maximum atomic E-state index is 5.79. The van der Waals surface area contributed by atoms with Crippen molar-refractivity contribution in [2.75, 3.05) is 6.61 Å². The molecule has 0 aliphatic rings. The van der Waals surface area contributed by atoms with E-state index < -0.39 is 0 Å². The number of nitrogens with zero attached hydrogens (tertiary/aromatic N) is 2. The highest BCUT2D eigenvalue weighted by atomic mass is 35.5. The molecule has 0 atom stereocenters. The fourth-order valence-corrected chi connectivity index (χ4v) is 2.41. The van der Waals surface area contributed by atoms with Crippen LogP contribution in [0, 0.1) is 6.92 Å². The molecule has 0 unspecified atom stereocenters. The molecule has 0 fully saturated rings. The van der Waals surface area contributed by atoms with Gasteiger partial charge in [-0.1, -0.05) is 11.6 Å². The lowest BCUT2D eigenvalue weighted by atomic mass is 10.3. The summed E-state index contributed by atoms with van der Waals surface area (Å²) in [4.78, 5) is 9.42. The van der Waals surface area contributed by atoms with Crippen molar-refractivity contribution in [2.24, 2.45) is 0 Å². The minimum atomic E-state index is 0.504. The number of aromatic nitrogens is 2. The third kappa shape index (κ3) is 3.77. The molecule has 0 spiro atoms. The van der Waals surface area contributed by atoms with Gasteiger partial charge in [-0.05, 0) is 24.6 Å². The monoisotopic (exact) mass is 268 g/mol. The summed E-state index contributed by atoms with van der Waals surface area (Å²) in [5, 5.41) is 0.504. The predicted octanol–water partition coefficient (Wildman–Crippen LogP) is 3.26. The van der Waals surface area contributed by atoms with E-state index in [1.165, 1.54) is 4.88 Å². The normalized spacial score (nSPS) is 10.7. The number of pyridine rings is 1. The van der Waals surface area contributed by atoms with E-state index in [0.29, 0.717) is 18.4 Å². The highest BCUT2D eigenvalue weighted by Crippen LogP contribution is 2.13. The Balaban J connectivity index is 1.75. The quantitative estimate of drug-likeness (QED) is 0.617. The zero-order valence-electron chi connectivity index (χ0n) is 9.52. The SMILES string of the molecule is Cc1ncsc1CCOCc1ccnc(Cl)c1. The van der Waals surface area contributed by atoms with Crippen molar-refractivity contribution in [1.82, 2.24) is 9.97 Å². The molecular weight excluding hydrogens is 256 g/mol. The summed E-state index contributed by atoms with van der Waals surface area (Å²) in [7, 11) is 0. The van der Waals surface area contributed by atoms with Crippen LogP contribution in [0.1, 0.15) is 16.1 Å². The number of rotatable bonds is 5. The first-order valence-corrected chi connectivity index (χ1v) is 6.58. The predicted molar refractivity (Wildman–Crippen MR) is 69.5 cm³/mol. The van der Waals surface area contributed by atoms with E-state index in [-0.39, 0.29) is 0 Å². The number of halogens is 1. The lowest BCUT2D eigenvalue weighted by Crippen LogP contribution is -1.99. The Labute approximate surface area is 109 Å². The molecule has 0 amide bonds. The van der Waals surface area contributed by atoms with Gasteiger partial charge in [-0.15, -0.1) is 11.3 Å². The molecule has 0 N–H and O–H groups in total. The topological polar surface area (TPSA) is 35.0 Å². The number of ether oxygens (including phenoxy) is 1. The van der Waals surface area contributed by atoms with E-state index in [1.54, 1.807) is 17.5 Å². The van der Waals surface area contributed by atoms with Crippen LogP contribution in [0.5, 0.6) is 0 Å². The number of aryl methyl sites for hydroxylation is 1. The van der Waals surface area contributed by atoms with Crippen LogP contribution in [0.2, 0.25) is 5.15 Å². The highest BCUT2D eigenvalue weighted by molar-refractivity contribution is 7.09. The van der Waals surface area contributed by atoms with Crippen LogP contribution in [0.3, 0.4) is 0 Å². The van der Waals surface area contributed by atoms with Gasteiger partial charge < -0.3 is 4.74 Å². The lowest BCUT2D eigenvalue weighted by Gasteiger charge is -2.04. The largest absolute Gasteiger partial charge is 0.376 e. The molecule has 0 saturated heterocycles. The molecule has 17 heavy (non-hydrogen) atoms. The van der Waals surface area contributed by atoms with Crippen molar-refractivity contribution < 1.29 is 4.74 Å².